The molecule has 0 aromatic rings. The predicted molar refractivity (Wildman–Crippen MR) is 133 cm³/mol. The molecule has 0 bridgehead atoms. The van der Waals surface area contributed by atoms with Crippen LogP contribution in [0.15, 0.2) is 35.1 Å². The van der Waals surface area contributed by atoms with E-state index in [0.29, 0.717) is 30.4 Å². The average Bonchev–Trinajstić information content (AvgIpc) is 3.29. The molecule has 0 unspecified atom stereocenters. The van der Waals surface area contributed by atoms with Crippen molar-refractivity contribution >= 4 is 11.8 Å². The number of Topliss-reactive ketones (excluding diaryl/α,β-unsaturated/α-hetero) is 1. The first-order chi connectivity index (χ1) is 15.8. The smallest absolute Gasteiger partial charge is 0.309 e. The number of carboxylic acid groups (broad SMARTS) is 1. The fraction of sp³-hybridized carbons (Fsp3) is 0.733. The molecule has 5 rings (SSSR count). The molecule has 4 nitrogen and oxygen atoms in total. The van der Waals surface area contributed by atoms with Crippen molar-refractivity contribution in [2.24, 2.45) is 39.9 Å². The summed E-state index contributed by atoms with van der Waals surface area (Å²) in [5, 5.41) is 9.90. The molecule has 4 aliphatic carbocycles. The molecule has 2 fully saturated rings. The van der Waals surface area contributed by atoms with Crippen LogP contribution in [0, 0.1) is 39.9 Å². The molecule has 186 valence electrons. The molecule has 0 saturated heterocycles. The van der Waals surface area contributed by atoms with Crippen molar-refractivity contribution in [2.45, 2.75) is 98.5 Å². The number of carbonyl (C=O) groups excluding carboxylic acids is 1. The van der Waals surface area contributed by atoms with E-state index < -0.39 is 11.4 Å². The summed E-state index contributed by atoms with van der Waals surface area (Å²) < 4.78 is 6.78. The Balaban J connectivity index is 1.50. The minimum absolute atomic E-state index is 0.0381. The number of rotatable bonds is 1. The lowest BCUT2D eigenvalue weighted by Gasteiger charge is -2.45. The molecule has 0 radical (unpaired) electrons. The van der Waals surface area contributed by atoms with E-state index >= 15 is 0 Å². The van der Waals surface area contributed by atoms with Gasteiger partial charge in [0.25, 0.3) is 0 Å². The topological polar surface area (TPSA) is 63.6 Å². The largest absolute Gasteiger partial charge is 0.483 e. The maximum absolute atomic E-state index is 13.7. The Kier molecular flexibility index (Phi) is 5.32. The Morgan fingerprint density at radius 2 is 1.85 bits per heavy atom. The molecular formula is C30H42O4. The van der Waals surface area contributed by atoms with Crippen molar-refractivity contribution in [1.82, 2.24) is 0 Å². The van der Waals surface area contributed by atoms with E-state index in [1.807, 2.05) is 6.92 Å². The first-order valence-electron chi connectivity index (χ1n) is 13.3. The summed E-state index contributed by atoms with van der Waals surface area (Å²) in [6.45, 7) is 13.2. The van der Waals surface area contributed by atoms with Crippen molar-refractivity contribution in [2.75, 3.05) is 0 Å². The molecule has 0 spiro atoms. The van der Waals surface area contributed by atoms with Gasteiger partial charge in [0.15, 0.2) is 5.76 Å². The molecule has 0 aromatic heterocycles. The number of allylic oxidation sites excluding steroid dienone is 5. The Bertz CT molecular complexity index is 1010. The van der Waals surface area contributed by atoms with Crippen molar-refractivity contribution in [1.29, 1.82) is 0 Å². The molecule has 5 aliphatic rings. The Labute approximate surface area is 204 Å². The molecule has 34 heavy (non-hydrogen) atoms. The summed E-state index contributed by atoms with van der Waals surface area (Å²) in [4.78, 5) is 25.8. The first-order valence-corrected chi connectivity index (χ1v) is 13.3. The van der Waals surface area contributed by atoms with Gasteiger partial charge in [-0.15, -0.1) is 0 Å². The Hall–Kier alpha value is -1.84. The molecule has 7 atom stereocenters. The van der Waals surface area contributed by atoms with Gasteiger partial charge in [0.05, 0.1) is 5.41 Å². The second-order valence-corrected chi connectivity index (χ2v) is 13.6. The Morgan fingerprint density at radius 3 is 2.56 bits per heavy atom. The van der Waals surface area contributed by atoms with Crippen LogP contribution in [0.4, 0.5) is 0 Å². The number of fused-ring (bicyclic) bond motifs is 5. The van der Waals surface area contributed by atoms with Crippen LogP contribution in [0.1, 0.15) is 92.9 Å². The maximum atomic E-state index is 13.7. The van der Waals surface area contributed by atoms with Gasteiger partial charge in [-0.3, -0.25) is 9.59 Å². The summed E-state index contributed by atoms with van der Waals surface area (Å²) in [6, 6.07) is 0. The van der Waals surface area contributed by atoms with Crippen LogP contribution in [0.2, 0.25) is 0 Å². The van der Waals surface area contributed by atoms with Crippen molar-refractivity contribution in [3.8, 4) is 0 Å². The normalized spacial score (nSPS) is 47.9. The molecular weight excluding hydrogens is 424 g/mol. The summed E-state index contributed by atoms with van der Waals surface area (Å²) in [7, 11) is 0. The minimum Gasteiger partial charge on any atom is -0.483 e. The van der Waals surface area contributed by atoms with Crippen LogP contribution < -0.4 is 0 Å². The summed E-state index contributed by atoms with van der Waals surface area (Å²) in [5.41, 5.74) is 1.46. The van der Waals surface area contributed by atoms with Crippen LogP contribution in [0.3, 0.4) is 0 Å². The van der Waals surface area contributed by atoms with Crippen molar-refractivity contribution in [3.63, 3.8) is 0 Å². The minimum atomic E-state index is -0.687. The quantitative estimate of drug-likeness (QED) is 0.429. The number of hydrogen-bond donors (Lipinski definition) is 1. The summed E-state index contributed by atoms with van der Waals surface area (Å²) in [6.07, 6.45) is 14.0. The van der Waals surface area contributed by atoms with Crippen LogP contribution in [-0.4, -0.2) is 22.5 Å². The number of ether oxygens (including phenoxy) is 1. The lowest BCUT2D eigenvalue weighted by molar-refractivity contribution is -0.148. The van der Waals surface area contributed by atoms with Gasteiger partial charge in [0.1, 0.15) is 5.60 Å². The molecule has 0 amide bonds. The third-order valence-electron chi connectivity index (χ3n) is 10.6. The van der Waals surface area contributed by atoms with Gasteiger partial charge >= 0.3 is 5.97 Å². The zero-order valence-electron chi connectivity index (χ0n) is 21.9. The highest BCUT2D eigenvalue weighted by molar-refractivity contribution is 6.01. The fourth-order valence-corrected chi connectivity index (χ4v) is 8.19. The number of carboxylic acids is 1. The summed E-state index contributed by atoms with van der Waals surface area (Å²) >= 11 is 0. The summed E-state index contributed by atoms with van der Waals surface area (Å²) in [5.74, 6) is 1.03. The monoisotopic (exact) mass is 466 g/mol. The van der Waals surface area contributed by atoms with E-state index in [4.69, 9.17) is 4.74 Å². The highest BCUT2D eigenvalue weighted by Gasteiger charge is 2.68. The molecule has 1 aliphatic heterocycles. The van der Waals surface area contributed by atoms with Crippen molar-refractivity contribution in [3.05, 3.63) is 35.1 Å². The highest BCUT2D eigenvalue weighted by Crippen LogP contribution is 2.70. The number of carbonyl (C=O) groups is 2. The first kappa shape index (κ1) is 23.9. The number of hydrogen-bond acceptors (Lipinski definition) is 3. The maximum Gasteiger partial charge on any atom is 0.309 e. The molecule has 4 heteroatoms. The Morgan fingerprint density at radius 1 is 1.12 bits per heavy atom. The lowest BCUT2D eigenvalue weighted by atomic mass is 9.65. The van der Waals surface area contributed by atoms with E-state index in [1.54, 1.807) is 0 Å². The van der Waals surface area contributed by atoms with Crippen LogP contribution >= 0.6 is 0 Å². The van der Waals surface area contributed by atoms with E-state index in [9.17, 15) is 14.7 Å². The second kappa shape index (κ2) is 7.58. The average molecular weight is 467 g/mol. The van der Waals surface area contributed by atoms with Gasteiger partial charge in [-0.1, -0.05) is 44.6 Å². The van der Waals surface area contributed by atoms with E-state index in [-0.39, 0.29) is 34.1 Å². The van der Waals surface area contributed by atoms with Crippen molar-refractivity contribution < 1.29 is 19.4 Å². The van der Waals surface area contributed by atoms with Gasteiger partial charge in [0.2, 0.25) is 5.78 Å². The van der Waals surface area contributed by atoms with E-state index in [2.05, 4.69) is 52.8 Å². The van der Waals surface area contributed by atoms with Gasteiger partial charge in [-0.25, -0.2) is 0 Å². The third-order valence-corrected chi connectivity index (χ3v) is 10.6. The second-order valence-electron chi connectivity index (χ2n) is 13.6. The molecule has 1 heterocycles. The zero-order chi connectivity index (χ0) is 24.7. The van der Waals surface area contributed by atoms with E-state index in [0.717, 1.165) is 38.5 Å². The number of aliphatic carboxylic acids is 1. The van der Waals surface area contributed by atoms with Gasteiger partial charge < -0.3 is 9.84 Å². The van der Waals surface area contributed by atoms with Crippen LogP contribution in [0.5, 0.6) is 0 Å². The van der Waals surface area contributed by atoms with E-state index in [1.165, 1.54) is 11.1 Å². The predicted octanol–water partition coefficient (Wildman–Crippen LogP) is 6.86. The van der Waals surface area contributed by atoms with Gasteiger partial charge in [-0.05, 0) is 88.5 Å². The lowest BCUT2D eigenvalue weighted by Crippen LogP contribution is -2.42. The molecule has 0 aromatic carbocycles. The SMILES string of the molecule is C/C1=C/CC(C)(C)/C=C\C[C@]2(C)OC3=C(C[C@H]2CC1)[C@@]1(C)[C@@H]2C[C@@](C)(C(=O)O)C[C@@H]2C[C@H]1C3=O. The van der Waals surface area contributed by atoms with Gasteiger partial charge in [-0.2, -0.15) is 0 Å². The third kappa shape index (κ3) is 3.45. The van der Waals surface area contributed by atoms with Gasteiger partial charge in [0, 0.05) is 23.7 Å². The van der Waals surface area contributed by atoms with Crippen LogP contribution in [0.25, 0.3) is 0 Å². The fourth-order valence-electron chi connectivity index (χ4n) is 8.19. The standard InChI is InChI=1S/C30H42O4/c1-18-8-9-20-15-22-25(34-29(20,5)12-7-11-27(2,3)13-10-18)24(31)21-14-19-16-28(4,26(32)33)17-23(19)30(21,22)6/h7,10-11,19-21,23H,8-9,12-17H2,1-6H3,(H,32,33)/b11-7-,18-10-/t19-,20+,21-,23+,28-,29-,30-/m0/s1. The molecule has 1 N–H and O–H groups in total. The molecule has 2 saturated carbocycles. The van der Waals surface area contributed by atoms with Crippen LogP contribution in [-0.2, 0) is 14.3 Å². The number of ketones is 1. The zero-order valence-corrected chi connectivity index (χ0v) is 21.9. The highest BCUT2D eigenvalue weighted by atomic mass is 16.5.